The fourth-order valence-electron chi connectivity index (χ4n) is 1.33. The van der Waals surface area contributed by atoms with Gasteiger partial charge < -0.3 is 15.0 Å². The van der Waals surface area contributed by atoms with Crippen molar-refractivity contribution < 1.29 is 4.74 Å². The number of rotatable bonds is 5. The number of thiazole rings is 1. The van der Waals surface area contributed by atoms with Gasteiger partial charge in [0.05, 0.1) is 12.6 Å². The molecule has 0 atom stereocenters. The van der Waals surface area contributed by atoms with Crippen LogP contribution >= 0.6 is 11.3 Å². The van der Waals surface area contributed by atoms with Crippen molar-refractivity contribution in [3.8, 4) is 5.88 Å². The van der Waals surface area contributed by atoms with Crippen LogP contribution in [0.1, 0.15) is 19.5 Å². The normalized spacial score (nSPS) is 10.6. The van der Waals surface area contributed by atoms with Crippen LogP contribution in [0.25, 0.3) is 0 Å². The van der Waals surface area contributed by atoms with E-state index in [9.17, 15) is 4.79 Å². The lowest BCUT2D eigenvalue weighted by molar-refractivity contribution is 0.232. The molecule has 0 fully saturated rings. The number of nitrogens with zero attached hydrogens (tertiary/aromatic N) is 2. The van der Waals surface area contributed by atoms with E-state index >= 15 is 0 Å². The highest BCUT2D eigenvalue weighted by Crippen LogP contribution is 2.13. The first kappa shape index (κ1) is 12.6. The minimum atomic E-state index is -0.0571. The SMILES string of the molecule is CC(C)Oc1cc(NCc2csc(=O)[nH]2)ncn1. The smallest absolute Gasteiger partial charge is 0.304 e. The molecule has 96 valence electrons. The zero-order valence-electron chi connectivity index (χ0n) is 10.1. The second-order valence-corrected chi connectivity index (χ2v) is 4.78. The number of H-pyrrole nitrogens is 1. The van der Waals surface area contributed by atoms with Crippen molar-refractivity contribution >= 4 is 17.2 Å². The summed E-state index contributed by atoms with van der Waals surface area (Å²) in [7, 11) is 0. The summed E-state index contributed by atoms with van der Waals surface area (Å²) in [5.74, 6) is 1.19. The summed E-state index contributed by atoms with van der Waals surface area (Å²) in [5.41, 5.74) is 0.829. The van der Waals surface area contributed by atoms with Gasteiger partial charge >= 0.3 is 4.87 Å². The standard InChI is InChI=1S/C11H14N4O2S/c1-7(2)17-10-3-9(13-6-14-10)12-4-8-5-18-11(16)15-8/h3,5-7H,4H2,1-2H3,(H,15,16)(H,12,13,14). The van der Waals surface area contributed by atoms with Crippen molar-refractivity contribution in [1.82, 2.24) is 15.0 Å². The van der Waals surface area contributed by atoms with E-state index in [4.69, 9.17) is 4.74 Å². The molecule has 6 nitrogen and oxygen atoms in total. The number of aromatic amines is 1. The van der Waals surface area contributed by atoms with Crippen LogP contribution < -0.4 is 14.9 Å². The predicted octanol–water partition coefficient (Wildman–Crippen LogP) is 1.63. The third kappa shape index (κ3) is 3.56. The third-order valence-corrected chi connectivity index (χ3v) is 2.75. The zero-order chi connectivity index (χ0) is 13.0. The summed E-state index contributed by atoms with van der Waals surface area (Å²) in [6.07, 6.45) is 1.51. The summed E-state index contributed by atoms with van der Waals surface area (Å²) in [6.45, 7) is 4.38. The molecule has 0 unspecified atom stereocenters. The van der Waals surface area contributed by atoms with Crippen LogP contribution in [-0.4, -0.2) is 21.1 Å². The Morgan fingerprint density at radius 1 is 1.50 bits per heavy atom. The zero-order valence-corrected chi connectivity index (χ0v) is 11.0. The van der Waals surface area contributed by atoms with Gasteiger partial charge in [-0.05, 0) is 13.8 Å². The monoisotopic (exact) mass is 266 g/mol. The molecule has 0 aliphatic heterocycles. The Hall–Kier alpha value is -1.89. The molecule has 0 saturated carbocycles. The highest BCUT2D eigenvalue weighted by Gasteiger charge is 2.02. The van der Waals surface area contributed by atoms with Gasteiger partial charge in [-0.25, -0.2) is 9.97 Å². The topological polar surface area (TPSA) is 79.9 Å². The van der Waals surface area contributed by atoms with Crippen LogP contribution in [0.4, 0.5) is 5.82 Å². The number of ether oxygens (including phenoxy) is 1. The molecule has 2 aromatic heterocycles. The van der Waals surface area contributed by atoms with Crippen LogP contribution in [0.3, 0.4) is 0 Å². The Labute approximate surface area is 108 Å². The maximum atomic E-state index is 11.0. The average molecular weight is 266 g/mol. The molecule has 0 aromatic carbocycles. The molecule has 0 spiro atoms. The van der Waals surface area contributed by atoms with E-state index in [1.165, 1.54) is 6.33 Å². The van der Waals surface area contributed by atoms with Gasteiger partial charge in [-0.1, -0.05) is 11.3 Å². The van der Waals surface area contributed by atoms with E-state index in [0.717, 1.165) is 17.0 Å². The number of hydrogen-bond acceptors (Lipinski definition) is 6. The molecule has 2 rings (SSSR count). The summed E-state index contributed by atoms with van der Waals surface area (Å²) in [4.78, 5) is 21.7. The summed E-state index contributed by atoms with van der Waals surface area (Å²) in [5, 5.41) is 4.87. The predicted molar refractivity (Wildman–Crippen MR) is 70.1 cm³/mol. The van der Waals surface area contributed by atoms with Crippen LogP contribution in [0.5, 0.6) is 5.88 Å². The molecular formula is C11H14N4O2S. The highest BCUT2D eigenvalue weighted by atomic mass is 32.1. The van der Waals surface area contributed by atoms with Gasteiger partial charge in [0.15, 0.2) is 0 Å². The van der Waals surface area contributed by atoms with Gasteiger partial charge in [0.1, 0.15) is 12.1 Å². The molecule has 0 amide bonds. The van der Waals surface area contributed by atoms with Crippen LogP contribution in [-0.2, 0) is 6.54 Å². The second-order valence-electron chi connectivity index (χ2n) is 3.94. The van der Waals surface area contributed by atoms with Gasteiger partial charge in [0, 0.05) is 17.1 Å². The van der Waals surface area contributed by atoms with E-state index < -0.39 is 0 Å². The fraction of sp³-hybridized carbons (Fsp3) is 0.364. The Morgan fingerprint density at radius 3 is 3.00 bits per heavy atom. The number of nitrogens with one attached hydrogen (secondary N) is 2. The quantitative estimate of drug-likeness (QED) is 0.859. The average Bonchev–Trinajstić information content (AvgIpc) is 2.72. The van der Waals surface area contributed by atoms with Gasteiger partial charge in [-0.2, -0.15) is 0 Å². The molecule has 0 saturated heterocycles. The number of hydrogen-bond donors (Lipinski definition) is 2. The molecule has 2 heterocycles. The first-order valence-corrected chi connectivity index (χ1v) is 6.40. The molecule has 2 aromatic rings. The Balaban J connectivity index is 1.98. The molecule has 0 bridgehead atoms. The minimum absolute atomic E-state index is 0.0571. The molecule has 7 heteroatoms. The number of aromatic nitrogens is 3. The van der Waals surface area contributed by atoms with E-state index in [0.29, 0.717) is 18.2 Å². The Morgan fingerprint density at radius 2 is 2.33 bits per heavy atom. The largest absolute Gasteiger partial charge is 0.475 e. The lowest BCUT2D eigenvalue weighted by atomic mass is 10.4. The maximum absolute atomic E-state index is 11.0. The fourth-order valence-corrected chi connectivity index (χ4v) is 1.91. The first-order chi connectivity index (χ1) is 8.63. The minimum Gasteiger partial charge on any atom is -0.475 e. The van der Waals surface area contributed by atoms with Crippen molar-refractivity contribution in [2.24, 2.45) is 0 Å². The molecule has 2 N–H and O–H groups in total. The van der Waals surface area contributed by atoms with E-state index in [-0.39, 0.29) is 11.0 Å². The van der Waals surface area contributed by atoms with E-state index in [1.807, 2.05) is 13.8 Å². The lowest BCUT2D eigenvalue weighted by Gasteiger charge is -2.09. The van der Waals surface area contributed by atoms with Crippen molar-refractivity contribution in [1.29, 1.82) is 0 Å². The maximum Gasteiger partial charge on any atom is 0.304 e. The van der Waals surface area contributed by atoms with Crippen molar-refractivity contribution in [2.75, 3.05) is 5.32 Å². The lowest BCUT2D eigenvalue weighted by Crippen LogP contribution is -2.08. The van der Waals surface area contributed by atoms with E-state index in [1.54, 1.807) is 11.4 Å². The summed E-state index contributed by atoms with van der Waals surface area (Å²) in [6, 6.07) is 1.73. The highest BCUT2D eigenvalue weighted by molar-refractivity contribution is 7.07. The van der Waals surface area contributed by atoms with Crippen molar-refractivity contribution in [3.05, 3.63) is 33.1 Å². The van der Waals surface area contributed by atoms with Crippen LogP contribution in [0.15, 0.2) is 22.6 Å². The summed E-state index contributed by atoms with van der Waals surface area (Å²) >= 11 is 1.14. The summed E-state index contributed by atoms with van der Waals surface area (Å²) < 4.78 is 5.46. The molecule has 0 aliphatic carbocycles. The van der Waals surface area contributed by atoms with Gasteiger partial charge in [0.25, 0.3) is 0 Å². The molecule has 0 radical (unpaired) electrons. The van der Waals surface area contributed by atoms with Crippen LogP contribution in [0.2, 0.25) is 0 Å². The third-order valence-electron chi connectivity index (χ3n) is 2.03. The van der Waals surface area contributed by atoms with Gasteiger partial charge in [0.2, 0.25) is 5.88 Å². The van der Waals surface area contributed by atoms with Crippen LogP contribution in [0, 0.1) is 0 Å². The number of anilines is 1. The van der Waals surface area contributed by atoms with Crippen molar-refractivity contribution in [3.63, 3.8) is 0 Å². The Kier molecular flexibility index (Phi) is 3.93. The Bertz CT molecular complexity index is 564. The molecule has 18 heavy (non-hydrogen) atoms. The molecular weight excluding hydrogens is 252 g/mol. The van der Waals surface area contributed by atoms with E-state index in [2.05, 4.69) is 20.3 Å². The first-order valence-electron chi connectivity index (χ1n) is 5.53. The second kappa shape index (κ2) is 5.63. The van der Waals surface area contributed by atoms with Gasteiger partial charge in [-0.15, -0.1) is 0 Å². The molecule has 0 aliphatic rings. The van der Waals surface area contributed by atoms with Crippen molar-refractivity contribution in [2.45, 2.75) is 26.5 Å². The van der Waals surface area contributed by atoms with Gasteiger partial charge in [-0.3, -0.25) is 4.79 Å².